The van der Waals surface area contributed by atoms with Gasteiger partial charge in [-0.05, 0) is 37.8 Å². The third-order valence-electron chi connectivity index (χ3n) is 5.08. The summed E-state index contributed by atoms with van der Waals surface area (Å²) in [4.78, 5) is 30.3. The predicted molar refractivity (Wildman–Crippen MR) is 112 cm³/mol. The van der Waals surface area contributed by atoms with Crippen molar-refractivity contribution in [3.63, 3.8) is 0 Å². The summed E-state index contributed by atoms with van der Waals surface area (Å²) in [6.07, 6.45) is 2.53. The van der Waals surface area contributed by atoms with Crippen molar-refractivity contribution in [1.82, 2.24) is 4.98 Å². The van der Waals surface area contributed by atoms with E-state index in [2.05, 4.69) is 4.98 Å². The van der Waals surface area contributed by atoms with E-state index < -0.39 is 11.9 Å². The average Bonchev–Trinajstić information content (AvgIpc) is 3.33. The fourth-order valence-corrected chi connectivity index (χ4v) is 4.68. The summed E-state index contributed by atoms with van der Waals surface area (Å²) < 4.78 is 10.6. The van der Waals surface area contributed by atoms with E-state index in [9.17, 15) is 14.9 Å². The van der Waals surface area contributed by atoms with E-state index in [0.29, 0.717) is 5.56 Å². The Morgan fingerprint density at radius 1 is 1.23 bits per heavy atom. The lowest BCUT2D eigenvalue weighted by Crippen LogP contribution is -2.12. The number of nitriles is 1. The van der Waals surface area contributed by atoms with Crippen LogP contribution in [-0.2, 0) is 28.9 Å². The number of esters is 2. The molecule has 0 bridgehead atoms. The molecule has 30 heavy (non-hydrogen) atoms. The van der Waals surface area contributed by atoms with Gasteiger partial charge in [-0.1, -0.05) is 18.2 Å². The number of nitrogen functional groups attached to an aromatic ring is 1. The lowest BCUT2D eigenvalue weighted by molar-refractivity contribution is 0.0453. The fraction of sp³-hybridized carbons (Fsp3) is 0.273. The summed E-state index contributed by atoms with van der Waals surface area (Å²) in [5.41, 5.74) is 9.40. The van der Waals surface area contributed by atoms with E-state index in [-0.39, 0.29) is 34.2 Å². The molecule has 7 nitrogen and oxygen atoms in total. The Hall–Kier alpha value is -3.44. The highest BCUT2D eigenvalue weighted by Crippen LogP contribution is 2.33. The minimum atomic E-state index is -0.586. The van der Waals surface area contributed by atoms with E-state index in [1.165, 1.54) is 0 Å². The quantitative estimate of drug-likeness (QED) is 0.623. The molecular formula is C22H19N3O4S. The zero-order valence-electron chi connectivity index (χ0n) is 16.4. The zero-order chi connectivity index (χ0) is 21.3. The number of nitrogens with two attached hydrogens (primary N) is 1. The van der Waals surface area contributed by atoms with Gasteiger partial charge in [0, 0.05) is 16.6 Å². The van der Waals surface area contributed by atoms with Gasteiger partial charge in [0.1, 0.15) is 22.6 Å². The van der Waals surface area contributed by atoms with Crippen molar-refractivity contribution in [2.75, 3.05) is 12.3 Å². The van der Waals surface area contributed by atoms with Crippen LogP contribution >= 0.6 is 11.3 Å². The Labute approximate surface area is 177 Å². The third-order valence-corrected chi connectivity index (χ3v) is 6.12. The molecule has 3 aromatic rings. The summed E-state index contributed by atoms with van der Waals surface area (Å²) in [7, 11) is 0. The van der Waals surface area contributed by atoms with Crippen LogP contribution in [0.25, 0.3) is 10.9 Å². The van der Waals surface area contributed by atoms with E-state index in [1.54, 1.807) is 6.92 Å². The molecule has 0 aliphatic heterocycles. The second-order valence-corrected chi connectivity index (χ2v) is 7.89. The molecule has 0 atom stereocenters. The first-order chi connectivity index (χ1) is 14.5. The molecule has 0 unspecified atom stereocenters. The molecule has 1 aliphatic rings. The van der Waals surface area contributed by atoms with Crippen molar-refractivity contribution < 1.29 is 19.1 Å². The van der Waals surface area contributed by atoms with Crippen molar-refractivity contribution in [2.45, 2.75) is 32.8 Å². The van der Waals surface area contributed by atoms with Gasteiger partial charge in [-0.25, -0.2) is 9.59 Å². The number of nitrogens with zero attached hydrogens (tertiary/aromatic N) is 2. The number of anilines is 1. The van der Waals surface area contributed by atoms with Crippen molar-refractivity contribution in [2.24, 2.45) is 0 Å². The van der Waals surface area contributed by atoms with Gasteiger partial charge in [0.15, 0.2) is 0 Å². The molecule has 0 fully saturated rings. The highest BCUT2D eigenvalue weighted by molar-refractivity contribution is 7.18. The zero-order valence-corrected chi connectivity index (χ0v) is 17.2. The number of ether oxygens (including phenoxy) is 2. The number of pyridine rings is 1. The van der Waals surface area contributed by atoms with Crippen LogP contribution in [-0.4, -0.2) is 23.5 Å². The van der Waals surface area contributed by atoms with Gasteiger partial charge in [-0.15, -0.1) is 11.3 Å². The second-order valence-electron chi connectivity index (χ2n) is 6.84. The Balaban J connectivity index is 1.69. The first-order valence-electron chi connectivity index (χ1n) is 9.61. The number of aromatic nitrogens is 1. The monoisotopic (exact) mass is 421 g/mol. The van der Waals surface area contributed by atoms with Gasteiger partial charge in [-0.3, -0.25) is 4.98 Å². The van der Waals surface area contributed by atoms with E-state index in [0.717, 1.165) is 52.8 Å². The van der Waals surface area contributed by atoms with Gasteiger partial charge >= 0.3 is 11.9 Å². The van der Waals surface area contributed by atoms with Gasteiger partial charge in [0.05, 0.1) is 23.3 Å². The van der Waals surface area contributed by atoms with Gasteiger partial charge in [-0.2, -0.15) is 5.26 Å². The van der Waals surface area contributed by atoms with Crippen LogP contribution in [0.3, 0.4) is 0 Å². The lowest BCUT2D eigenvalue weighted by atomic mass is 10.0. The molecule has 1 aliphatic carbocycles. The maximum Gasteiger partial charge on any atom is 0.348 e. The standard InChI is InChI=1S/C22H19N3O4S/c1-2-28-22(27)19-15(14(10-23)20(24)30-19)11-29-21(26)18-12-6-3-4-8-16(12)25-17-9-5-7-13(17)18/h3-4,6,8H,2,5,7,9,11,24H2,1H3. The molecule has 2 heterocycles. The molecular weight excluding hydrogens is 402 g/mol. The summed E-state index contributed by atoms with van der Waals surface area (Å²) in [6.45, 7) is 1.64. The molecule has 2 aromatic heterocycles. The van der Waals surface area contributed by atoms with Crippen LogP contribution in [0.2, 0.25) is 0 Å². The Bertz CT molecular complexity index is 1210. The number of fused-ring (bicyclic) bond motifs is 2. The summed E-state index contributed by atoms with van der Waals surface area (Å²) >= 11 is 0.963. The number of hydrogen-bond acceptors (Lipinski definition) is 8. The van der Waals surface area contributed by atoms with E-state index in [4.69, 9.17) is 15.2 Å². The summed E-state index contributed by atoms with van der Waals surface area (Å²) in [5, 5.41) is 10.4. The number of benzene rings is 1. The van der Waals surface area contributed by atoms with Crippen LogP contribution in [0, 0.1) is 11.3 Å². The number of thiophene rings is 1. The topological polar surface area (TPSA) is 115 Å². The van der Waals surface area contributed by atoms with Crippen molar-refractivity contribution >= 4 is 39.2 Å². The maximum atomic E-state index is 13.1. The van der Waals surface area contributed by atoms with Gasteiger partial charge < -0.3 is 15.2 Å². The van der Waals surface area contributed by atoms with Crippen LogP contribution < -0.4 is 5.73 Å². The SMILES string of the molecule is CCOC(=O)c1sc(N)c(C#N)c1COC(=O)c1c2c(nc3ccccc13)CCC2. The Morgan fingerprint density at radius 3 is 2.80 bits per heavy atom. The smallest absolute Gasteiger partial charge is 0.348 e. The number of hydrogen-bond donors (Lipinski definition) is 1. The molecule has 2 N–H and O–H groups in total. The maximum absolute atomic E-state index is 13.1. The first-order valence-corrected chi connectivity index (χ1v) is 10.4. The molecule has 8 heteroatoms. The number of carbonyl (C=O) groups is 2. The minimum Gasteiger partial charge on any atom is -0.462 e. The predicted octanol–water partition coefficient (Wildman–Crippen LogP) is 3.77. The van der Waals surface area contributed by atoms with Crippen molar-refractivity contribution in [3.05, 3.63) is 57.1 Å². The molecule has 1 aromatic carbocycles. The highest BCUT2D eigenvalue weighted by Gasteiger charge is 2.27. The van der Waals surface area contributed by atoms with Crippen LogP contribution in [0.4, 0.5) is 5.00 Å². The van der Waals surface area contributed by atoms with Crippen LogP contribution in [0.15, 0.2) is 24.3 Å². The normalized spacial score (nSPS) is 12.4. The number of aryl methyl sites for hydroxylation is 1. The first kappa shape index (κ1) is 19.9. The van der Waals surface area contributed by atoms with Gasteiger partial charge in [0.25, 0.3) is 0 Å². The van der Waals surface area contributed by atoms with Crippen LogP contribution in [0.1, 0.15) is 55.8 Å². The lowest BCUT2D eigenvalue weighted by Gasteiger charge is -2.12. The van der Waals surface area contributed by atoms with Crippen LogP contribution in [0.5, 0.6) is 0 Å². The second kappa shape index (κ2) is 8.13. The van der Waals surface area contributed by atoms with Crippen molar-refractivity contribution in [1.29, 1.82) is 5.26 Å². The Kier molecular flexibility index (Phi) is 5.38. The molecule has 0 saturated carbocycles. The highest BCUT2D eigenvalue weighted by atomic mass is 32.1. The molecule has 0 spiro atoms. The largest absolute Gasteiger partial charge is 0.462 e. The third kappa shape index (κ3) is 3.37. The number of para-hydroxylation sites is 1. The molecule has 4 rings (SSSR count). The molecule has 0 saturated heterocycles. The number of rotatable bonds is 5. The van der Waals surface area contributed by atoms with Crippen molar-refractivity contribution in [3.8, 4) is 6.07 Å². The van der Waals surface area contributed by atoms with Gasteiger partial charge in [0.2, 0.25) is 0 Å². The van der Waals surface area contributed by atoms with E-state index in [1.807, 2.05) is 30.3 Å². The molecule has 0 radical (unpaired) electrons. The fourth-order valence-electron chi connectivity index (χ4n) is 3.76. The van der Waals surface area contributed by atoms with E-state index >= 15 is 0 Å². The number of carbonyl (C=O) groups excluding carboxylic acids is 2. The molecule has 0 amide bonds. The summed E-state index contributed by atoms with van der Waals surface area (Å²) in [5.74, 6) is -1.09. The minimum absolute atomic E-state index is 0.140. The average molecular weight is 421 g/mol. The summed E-state index contributed by atoms with van der Waals surface area (Å²) in [6, 6.07) is 9.45. The molecule has 152 valence electrons. The Morgan fingerprint density at radius 2 is 2.03 bits per heavy atom.